The van der Waals surface area contributed by atoms with Gasteiger partial charge in [0.05, 0.1) is 18.9 Å². The summed E-state index contributed by atoms with van der Waals surface area (Å²) in [6, 6.07) is 13.1. The molecule has 1 unspecified atom stereocenters. The second-order valence-corrected chi connectivity index (χ2v) is 6.30. The van der Waals surface area contributed by atoms with Gasteiger partial charge < -0.3 is 24.9 Å². The van der Waals surface area contributed by atoms with Gasteiger partial charge in [-0.25, -0.2) is 0 Å². The summed E-state index contributed by atoms with van der Waals surface area (Å²) in [5, 5.41) is 10.4. The van der Waals surface area contributed by atoms with Gasteiger partial charge in [0, 0.05) is 13.1 Å². The van der Waals surface area contributed by atoms with E-state index in [0.29, 0.717) is 25.3 Å². The number of hydrogen-bond donors (Lipinski definition) is 2. The Bertz CT molecular complexity index is 659. The molecule has 25 heavy (non-hydrogen) atoms. The number of ether oxygens (including phenoxy) is 1. The molecule has 6 nitrogen and oxygen atoms in total. The average Bonchev–Trinajstić information content (AvgIpc) is 3.33. The van der Waals surface area contributed by atoms with E-state index in [9.17, 15) is 9.90 Å². The standard InChI is InChI=1S/C19H24N2O4/c20-11-15-8-9-18(25-15)19(23)21(12-14-5-2-1-3-6-14)13-16(22)17-7-4-10-24-17/h1-7,10,15-16,18,22H,8-9,11-13,20H2/t15-,16?,18+/m1/s1. The molecule has 3 rings (SSSR count). The van der Waals surface area contributed by atoms with E-state index in [2.05, 4.69) is 0 Å². The lowest BCUT2D eigenvalue weighted by molar-refractivity contribution is -0.145. The lowest BCUT2D eigenvalue weighted by Gasteiger charge is -2.27. The molecular formula is C19H24N2O4. The molecule has 3 N–H and O–H groups in total. The van der Waals surface area contributed by atoms with Crippen molar-refractivity contribution in [1.82, 2.24) is 4.90 Å². The summed E-state index contributed by atoms with van der Waals surface area (Å²) < 4.78 is 11.0. The lowest BCUT2D eigenvalue weighted by Crippen LogP contribution is -2.41. The molecule has 0 saturated carbocycles. The minimum Gasteiger partial charge on any atom is -0.467 e. The second kappa shape index (κ2) is 8.29. The largest absolute Gasteiger partial charge is 0.467 e. The van der Waals surface area contributed by atoms with Gasteiger partial charge >= 0.3 is 0 Å². The van der Waals surface area contributed by atoms with E-state index >= 15 is 0 Å². The van der Waals surface area contributed by atoms with Crippen LogP contribution in [0.3, 0.4) is 0 Å². The number of rotatable bonds is 7. The molecular weight excluding hydrogens is 320 g/mol. The average molecular weight is 344 g/mol. The summed E-state index contributed by atoms with van der Waals surface area (Å²) in [5.41, 5.74) is 6.63. The Morgan fingerprint density at radius 1 is 1.24 bits per heavy atom. The maximum absolute atomic E-state index is 12.9. The van der Waals surface area contributed by atoms with E-state index in [0.717, 1.165) is 12.0 Å². The molecule has 0 bridgehead atoms. The molecule has 134 valence electrons. The maximum atomic E-state index is 12.9. The highest BCUT2D eigenvalue weighted by atomic mass is 16.5. The van der Waals surface area contributed by atoms with E-state index in [1.807, 2.05) is 30.3 Å². The molecule has 2 aromatic rings. The second-order valence-electron chi connectivity index (χ2n) is 6.30. The van der Waals surface area contributed by atoms with Crippen molar-refractivity contribution in [1.29, 1.82) is 0 Å². The molecule has 1 aliphatic heterocycles. The smallest absolute Gasteiger partial charge is 0.252 e. The molecule has 1 saturated heterocycles. The number of aliphatic hydroxyl groups excluding tert-OH is 1. The van der Waals surface area contributed by atoms with Gasteiger partial charge in [-0.15, -0.1) is 0 Å². The van der Waals surface area contributed by atoms with E-state index in [4.69, 9.17) is 14.9 Å². The van der Waals surface area contributed by atoms with Gasteiger partial charge in [0.1, 0.15) is 18.0 Å². The minimum absolute atomic E-state index is 0.0671. The highest BCUT2D eigenvalue weighted by Crippen LogP contribution is 2.23. The molecule has 0 aliphatic carbocycles. The zero-order valence-corrected chi connectivity index (χ0v) is 14.1. The fourth-order valence-electron chi connectivity index (χ4n) is 3.08. The number of aliphatic hydroxyl groups is 1. The molecule has 1 aromatic heterocycles. The maximum Gasteiger partial charge on any atom is 0.252 e. The van der Waals surface area contributed by atoms with Crippen LogP contribution in [0, 0.1) is 0 Å². The topological polar surface area (TPSA) is 88.9 Å². The summed E-state index contributed by atoms with van der Waals surface area (Å²) >= 11 is 0. The Balaban J connectivity index is 1.72. The zero-order chi connectivity index (χ0) is 17.6. The van der Waals surface area contributed by atoms with E-state index in [-0.39, 0.29) is 18.6 Å². The number of carbonyl (C=O) groups is 1. The third-order valence-corrected chi connectivity index (χ3v) is 4.44. The number of nitrogens with zero attached hydrogens (tertiary/aromatic N) is 1. The van der Waals surface area contributed by atoms with Crippen LogP contribution in [0.4, 0.5) is 0 Å². The first-order valence-electron chi connectivity index (χ1n) is 8.57. The van der Waals surface area contributed by atoms with Crippen LogP contribution in [0.5, 0.6) is 0 Å². The van der Waals surface area contributed by atoms with E-state index < -0.39 is 12.2 Å². The fraction of sp³-hybridized carbons (Fsp3) is 0.421. The monoisotopic (exact) mass is 344 g/mol. The van der Waals surface area contributed by atoms with Gasteiger partial charge in [0.2, 0.25) is 0 Å². The number of hydrogen-bond acceptors (Lipinski definition) is 5. The number of benzene rings is 1. The quantitative estimate of drug-likeness (QED) is 0.800. The van der Waals surface area contributed by atoms with Crippen LogP contribution in [0.2, 0.25) is 0 Å². The SMILES string of the molecule is NC[C@H]1CC[C@@H](C(=O)N(Cc2ccccc2)CC(O)c2ccco2)O1. The molecule has 0 spiro atoms. The van der Waals surface area contributed by atoms with Crippen molar-refractivity contribution < 1.29 is 19.1 Å². The Morgan fingerprint density at radius 3 is 2.68 bits per heavy atom. The lowest BCUT2D eigenvalue weighted by atomic mass is 10.1. The van der Waals surface area contributed by atoms with Crippen molar-refractivity contribution in [2.75, 3.05) is 13.1 Å². The van der Waals surface area contributed by atoms with Crippen molar-refractivity contribution in [3.63, 3.8) is 0 Å². The molecule has 1 aliphatic rings. The van der Waals surface area contributed by atoms with Crippen molar-refractivity contribution in [3.8, 4) is 0 Å². The Morgan fingerprint density at radius 2 is 2.04 bits per heavy atom. The third-order valence-electron chi connectivity index (χ3n) is 4.44. The predicted molar refractivity (Wildman–Crippen MR) is 92.5 cm³/mol. The number of amides is 1. The number of carbonyl (C=O) groups excluding carboxylic acids is 1. The van der Waals surface area contributed by atoms with Crippen molar-refractivity contribution >= 4 is 5.91 Å². The van der Waals surface area contributed by atoms with Gasteiger partial charge in [0.25, 0.3) is 5.91 Å². The van der Waals surface area contributed by atoms with Gasteiger partial charge in [-0.1, -0.05) is 30.3 Å². The van der Waals surface area contributed by atoms with Crippen LogP contribution in [-0.4, -0.2) is 41.2 Å². The molecule has 1 fully saturated rings. The first-order chi connectivity index (χ1) is 12.2. The molecule has 6 heteroatoms. The van der Waals surface area contributed by atoms with Crippen LogP contribution in [0.1, 0.15) is 30.3 Å². The number of furan rings is 1. The summed E-state index contributed by atoms with van der Waals surface area (Å²) in [7, 11) is 0. The van der Waals surface area contributed by atoms with Crippen LogP contribution < -0.4 is 5.73 Å². The first-order valence-corrected chi connectivity index (χ1v) is 8.57. The summed E-state index contributed by atoms with van der Waals surface area (Å²) in [6.45, 7) is 0.969. The Labute approximate surface area is 147 Å². The molecule has 2 heterocycles. The van der Waals surface area contributed by atoms with Crippen LogP contribution in [0.25, 0.3) is 0 Å². The molecule has 0 radical (unpaired) electrons. The van der Waals surface area contributed by atoms with Gasteiger partial charge in [-0.05, 0) is 30.5 Å². The van der Waals surface area contributed by atoms with E-state index in [1.165, 1.54) is 6.26 Å². The van der Waals surface area contributed by atoms with Gasteiger partial charge in [-0.2, -0.15) is 0 Å². The highest BCUT2D eigenvalue weighted by Gasteiger charge is 2.34. The van der Waals surface area contributed by atoms with Crippen molar-refractivity contribution in [3.05, 3.63) is 60.1 Å². The van der Waals surface area contributed by atoms with Gasteiger partial charge in [0.15, 0.2) is 0 Å². The van der Waals surface area contributed by atoms with Crippen molar-refractivity contribution in [2.45, 2.75) is 37.7 Å². The highest BCUT2D eigenvalue weighted by molar-refractivity contribution is 5.81. The molecule has 3 atom stereocenters. The first kappa shape index (κ1) is 17.7. The fourth-order valence-corrected chi connectivity index (χ4v) is 3.08. The molecule has 1 aromatic carbocycles. The van der Waals surface area contributed by atoms with E-state index in [1.54, 1.807) is 17.0 Å². The molecule has 1 amide bonds. The summed E-state index contributed by atoms with van der Waals surface area (Å²) in [6.07, 6.45) is 1.50. The summed E-state index contributed by atoms with van der Waals surface area (Å²) in [5.74, 6) is 0.323. The van der Waals surface area contributed by atoms with Crippen molar-refractivity contribution in [2.24, 2.45) is 5.73 Å². The van der Waals surface area contributed by atoms with Gasteiger partial charge in [-0.3, -0.25) is 4.79 Å². The van der Waals surface area contributed by atoms with Crippen LogP contribution in [-0.2, 0) is 16.1 Å². The van der Waals surface area contributed by atoms with Crippen LogP contribution in [0.15, 0.2) is 53.1 Å². The Hall–Kier alpha value is -2.15. The Kier molecular flexibility index (Phi) is 5.86. The van der Waals surface area contributed by atoms with Crippen LogP contribution >= 0.6 is 0 Å². The third kappa shape index (κ3) is 4.48. The normalized spacial score (nSPS) is 21.2. The summed E-state index contributed by atoms with van der Waals surface area (Å²) in [4.78, 5) is 14.6. The predicted octanol–water partition coefficient (Wildman–Crippen LogP) is 1.85. The minimum atomic E-state index is -0.880. The number of nitrogens with two attached hydrogens (primary N) is 1. The zero-order valence-electron chi connectivity index (χ0n) is 14.1.